The number of anilines is 1. The third-order valence-electron chi connectivity index (χ3n) is 4.24. The van der Waals surface area contributed by atoms with Crippen molar-refractivity contribution < 1.29 is 9.53 Å². The second-order valence-electron chi connectivity index (χ2n) is 5.88. The Morgan fingerprint density at radius 2 is 2.21 bits per heavy atom. The molecule has 1 atom stereocenters. The average Bonchev–Trinajstić information content (AvgIpc) is 2.62. The molecule has 0 bridgehead atoms. The summed E-state index contributed by atoms with van der Waals surface area (Å²) in [7, 11) is 1.60. The SMILES string of the molecule is COc1ccnc(CC(=O)N2CCCC(c3ccnc(N)n3)C2)c1. The van der Waals surface area contributed by atoms with Crippen molar-refractivity contribution in [1.29, 1.82) is 0 Å². The minimum atomic E-state index is 0.0717. The van der Waals surface area contributed by atoms with Crippen LogP contribution in [0.3, 0.4) is 0 Å². The van der Waals surface area contributed by atoms with Crippen LogP contribution in [0.5, 0.6) is 5.75 Å². The lowest BCUT2D eigenvalue weighted by Crippen LogP contribution is -2.40. The van der Waals surface area contributed by atoms with E-state index < -0.39 is 0 Å². The number of ether oxygens (including phenoxy) is 1. The summed E-state index contributed by atoms with van der Waals surface area (Å²) in [6, 6.07) is 5.44. The second kappa shape index (κ2) is 7.25. The topological polar surface area (TPSA) is 94.2 Å². The molecule has 0 aromatic carbocycles. The molecule has 3 rings (SSSR count). The maximum absolute atomic E-state index is 12.6. The monoisotopic (exact) mass is 327 g/mol. The van der Waals surface area contributed by atoms with Crippen LogP contribution in [0.25, 0.3) is 0 Å². The fraction of sp³-hybridized carbons (Fsp3) is 0.412. The normalized spacial score (nSPS) is 17.5. The van der Waals surface area contributed by atoms with Gasteiger partial charge in [-0.15, -0.1) is 0 Å². The smallest absolute Gasteiger partial charge is 0.228 e. The summed E-state index contributed by atoms with van der Waals surface area (Å²) in [5, 5.41) is 0. The van der Waals surface area contributed by atoms with Gasteiger partial charge in [-0.25, -0.2) is 9.97 Å². The molecular formula is C17H21N5O2. The van der Waals surface area contributed by atoms with Crippen molar-refractivity contribution in [1.82, 2.24) is 19.9 Å². The number of hydrogen-bond acceptors (Lipinski definition) is 6. The van der Waals surface area contributed by atoms with Crippen molar-refractivity contribution in [3.63, 3.8) is 0 Å². The number of aromatic nitrogens is 3. The van der Waals surface area contributed by atoms with Crippen LogP contribution in [0, 0.1) is 0 Å². The fourth-order valence-electron chi connectivity index (χ4n) is 3.01. The zero-order valence-corrected chi connectivity index (χ0v) is 13.7. The molecule has 24 heavy (non-hydrogen) atoms. The first kappa shape index (κ1) is 16.2. The summed E-state index contributed by atoms with van der Waals surface area (Å²) in [6.45, 7) is 1.42. The van der Waals surface area contributed by atoms with Gasteiger partial charge in [0.25, 0.3) is 0 Å². The number of piperidine rings is 1. The third kappa shape index (κ3) is 3.79. The molecule has 2 aromatic heterocycles. The van der Waals surface area contributed by atoms with E-state index >= 15 is 0 Å². The van der Waals surface area contributed by atoms with E-state index in [2.05, 4.69) is 15.0 Å². The minimum absolute atomic E-state index is 0.0717. The number of methoxy groups -OCH3 is 1. The largest absolute Gasteiger partial charge is 0.497 e. The lowest BCUT2D eigenvalue weighted by atomic mass is 9.94. The van der Waals surface area contributed by atoms with Gasteiger partial charge < -0.3 is 15.4 Å². The lowest BCUT2D eigenvalue weighted by molar-refractivity contribution is -0.131. The van der Waals surface area contributed by atoms with Crippen molar-refractivity contribution in [2.24, 2.45) is 0 Å². The van der Waals surface area contributed by atoms with Gasteiger partial charge in [0.2, 0.25) is 11.9 Å². The molecular weight excluding hydrogens is 306 g/mol. The average molecular weight is 327 g/mol. The number of rotatable bonds is 4. The van der Waals surface area contributed by atoms with E-state index in [4.69, 9.17) is 10.5 Å². The molecule has 7 nitrogen and oxygen atoms in total. The van der Waals surface area contributed by atoms with E-state index in [0.29, 0.717) is 18.0 Å². The number of amides is 1. The highest BCUT2D eigenvalue weighted by molar-refractivity contribution is 5.78. The van der Waals surface area contributed by atoms with E-state index in [-0.39, 0.29) is 24.2 Å². The van der Waals surface area contributed by atoms with Gasteiger partial charge in [-0.3, -0.25) is 9.78 Å². The Hall–Kier alpha value is -2.70. The molecule has 3 heterocycles. The molecule has 1 aliphatic rings. The van der Waals surface area contributed by atoms with E-state index in [1.54, 1.807) is 31.6 Å². The molecule has 0 spiro atoms. The number of hydrogen-bond donors (Lipinski definition) is 1. The second-order valence-corrected chi connectivity index (χ2v) is 5.88. The number of likely N-dealkylation sites (tertiary alicyclic amines) is 1. The van der Waals surface area contributed by atoms with Gasteiger partial charge in [-0.2, -0.15) is 0 Å². The highest BCUT2D eigenvalue weighted by atomic mass is 16.5. The summed E-state index contributed by atoms with van der Waals surface area (Å²) in [6.07, 6.45) is 5.54. The molecule has 2 N–H and O–H groups in total. The fourth-order valence-corrected chi connectivity index (χ4v) is 3.01. The highest BCUT2D eigenvalue weighted by Crippen LogP contribution is 2.26. The lowest BCUT2D eigenvalue weighted by Gasteiger charge is -2.32. The van der Waals surface area contributed by atoms with Crippen molar-refractivity contribution in [2.75, 3.05) is 25.9 Å². The Kier molecular flexibility index (Phi) is 4.88. The van der Waals surface area contributed by atoms with Crippen molar-refractivity contribution >= 4 is 11.9 Å². The van der Waals surface area contributed by atoms with Gasteiger partial charge in [0, 0.05) is 37.5 Å². The van der Waals surface area contributed by atoms with Gasteiger partial charge in [0.15, 0.2) is 0 Å². The summed E-state index contributed by atoms with van der Waals surface area (Å²) in [5.41, 5.74) is 7.28. The first-order chi connectivity index (χ1) is 11.7. The Labute approximate surface area is 140 Å². The number of pyridine rings is 1. The number of nitrogen functional groups attached to an aromatic ring is 1. The number of carbonyl (C=O) groups excluding carboxylic acids is 1. The number of nitrogens with two attached hydrogens (primary N) is 1. The molecule has 126 valence electrons. The first-order valence-electron chi connectivity index (χ1n) is 8.01. The number of nitrogens with zero attached hydrogens (tertiary/aromatic N) is 4. The van der Waals surface area contributed by atoms with Crippen LogP contribution in [0.4, 0.5) is 5.95 Å². The Bertz CT molecular complexity index is 722. The molecule has 1 unspecified atom stereocenters. The zero-order chi connectivity index (χ0) is 16.9. The van der Waals surface area contributed by atoms with Gasteiger partial charge in [-0.1, -0.05) is 0 Å². The first-order valence-corrected chi connectivity index (χ1v) is 8.01. The van der Waals surface area contributed by atoms with Crippen LogP contribution in [0.1, 0.15) is 30.1 Å². The van der Waals surface area contributed by atoms with Gasteiger partial charge in [0.1, 0.15) is 5.75 Å². The van der Waals surface area contributed by atoms with Gasteiger partial charge in [-0.05, 0) is 25.0 Å². The van der Waals surface area contributed by atoms with E-state index in [0.717, 1.165) is 25.1 Å². The van der Waals surface area contributed by atoms with Crippen LogP contribution in [0.15, 0.2) is 30.6 Å². The molecule has 2 aromatic rings. The molecule has 0 saturated carbocycles. The van der Waals surface area contributed by atoms with Crippen LogP contribution in [-0.2, 0) is 11.2 Å². The summed E-state index contributed by atoms with van der Waals surface area (Å²) >= 11 is 0. The van der Waals surface area contributed by atoms with E-state index in [9.17, 15) is 4.79 Å². The molecule has 0 radical (unpaired) electrons. The molecule has 7 heteroatoms. The van der Waals surface area contributed by atoms with E-state index in [1.165, 1.54) is 0 Å². The van der Waals surface area contributed by atoms with Gasteiger partial charge in [0.05, 0.1) is 24.9 Å². The minimum Gasteiger partial charge on any atom is -0.497 e. The van der Waals surface area contributed by atoms with Crippen LogP contribution in [0.2, 0.25) is 0 Å². The quantitative estimate of drug-likeness (QED) is 0.912. The molecule has 1 fully saturated rings. The predicted molar refractivity (Wildman–Crippen MR) is 89.5 cm³/mol. The van der Waals surface area contributed by atoms with Crippen molar-refractivity contribution in [3.05, 3.63) is 42.0 Å². The third-order valence-corrected chi connectivity index (χ3v) is 4.24. The predicted octanol–water partition coefficient (Wildman–Crippen LogP) is 1.41. The molecule has 1 aliphatic heterocycles. The summed E-state index contributed by atoms with van der Waals surface area (Å²) in [4.78, 5) is 27.0. The Morgan fingerprint density at radius 1 is 1.38 bits per heavy atom. The molecule has 1 saturated heterocycles. The summed E-state index contributed by atoms with van der Waals surface area (Å²) in [5.74, 6) is 1.26. The van der Waals surface area contributed by atoms with E-state index in [1.807, 2.05) is 11.0 Å². The summed E-state index contributed by atoms with van der Waals surface area (Å²) < 4.78 is 5.18. The maximum atomic E-state index is 12.6. The standard InChI is InChI=1S/C17H21N5O2/c1-24-14-4-6-19-13(9-14)10-16(23)22-8-2-3-12(11-22)15-5-7-20-17(18)21-15/h4-7,9,12H,2-3,8,10-11H2,1H3,(H2,18,20,21). The maximum Gasteiger partial charge on any atom is 0.228 e. The Balaban J connectivity index is 1.66. The van der Waals surface area contributed by atoms with Crippen LogP contribution >= 0.6 is 0 Å². The van der Waals surface area contributed by atoms with Crippen LogP contribution in [-0.4, -0.2) is 46.0 Å². The van der Waals surface area contributed by atoms with Gasteiger partial charge >= 0.3 is 0 Å². The van der Waals surface area contributed by atoms with Crippen LogP contribution < -0.4 is 10.5 Å². The zero-order valence-electron chi connectivity index (χ0n) is 13.7. The Morgan fingerprint density at radius 3 is 3.00 bits per heavy atom. The number of carbonyl (C=O) groups is 1. The molecule has 1 amide bonds. The molecule has 0 aliphatic carbocycles. The highest BCUT2D eigenvalue weighted by Gasteiger charge is 2.26. The van der Waals surface area contributed by atoms with Crippen molar-refractivity contribution in [3.8, 4) is 5.75 Å². The van der Waals surface area contributed by atoms with Crippen molar-refractivity contribution in [2.45, 2.75) is 25.2 Å².